The number of phenols is 1. The highest BCUT2D eigenvalue weighted by Crippen LogP contribution is 2.34. The average molecular weight is 504 g/mol. The summed E-state index contributed by atoms with van der Waals surface area (Å²) in [5.41, 5.74) is 2.52. The van der Waals surface area contributed by atoms with Crippen LogP contribution < -0.4 is 4.74 Å². The lowest BCUT2D eigenvalue weighted by Gasteiger charge is -2.15. The van der Waals surface area contributed by atoms with E-state index in [1.165, 1.54) is 6.21 Å². The second-order valence-corrected chi connectivity index (χ2v) is 9.34. The fourth-order valence-corrected chi connectivity index (χ4v) is 4.82. The van der Waals surface area contributed by atoms with Gasteiger partial charge in [-0.2, -0.15) is 4.68 Å². The van der Waals surface area contributed by atoms with E-state index in [0.717, 1.165) is 58.9 Å². The molecule has 0 fully saturated rings. The van der Waals surface area contributed by atoms with Crippen molar-refractivity contribution in [3.63, 3.8) is 0 Å². The molecule has 0 aliphatic carbocycles. The van der Waals surface area contributed by atoms with E-state index in [4.69, 9.17) is 21.5 Å². The van der Waals surface area contributed by atoms with Crippen molar-refractivity contribution in [1.82, 2.24) is 20.2 Å². The minimum Gasteiger partial charge on any atom is -0.507 e. The first-order valence-corrected chi connectivity index (χ1v) is 12.7. The van der Waals surface area contributed by atoms with E-state index in [1.54, 1.807) is 16.4 Å². The Morgan fingerprint density at radius 1 is 1.21 bits per heavy atom. The molecule has 3 rings (SSSR count). The van der Waals surface area contributed by atoms with Gasteiger partial charge in [-0.1, -0.05) is 31.0 Å². The number of halogens is 1. The van der Waals surface area contributed by atoms with Crippen LogP contribution in [0.15, 0.2) is 40.4 Å². The number of nitrogens with zero attached hydrogens (tertiary/aromatic N) is 5. The zero-order valence-corrected chi connectivity index (χ0v) is 21.0. The summed E-state index contributed by atoms with van der Waals surface area (Å²) in [7, 11) is 0. The SMILES string of the molecule is CCCc1c(OCCCCSc2ccc(-n3nnnc3C)cc2Cl)ccc(CCC=NO)c1O. The smallest absolute Gasteiger partial charge is 0.153 e. The van der Waals surface area contributed by atoms with Crippen LogP contribution in [-0.2, 0) is 12.8 Å². The number of benzene rings is 2. The number of phenolic OH excluding ortho intramolecular Hbond substituents is 1. The molecule has 8 nitrogen and oxygen atoms in total. The van der Waals surface area contributed by atoms with Gasteiger partial charge in [-0.25, -0.2) is 0 Å². The quantitative estimate of drug-likeness (QED) is 0.102. The number of hydrogen-bond acceptors (Lipinski definition) is 8. The van der Waals surface area contributed by atoms with Gasteiger partial charge in [0.25, 0.3) is 0 Å². The van der Waals surface area contributed by atoms with E-state index in [1.807, 2.05) is 37.3 Å². The molecule has 182 valence electrons. The van der Waals surface area contributed by atoms with Crippen molar-refractivity contribution in [3.8, 4) is 17.2 Å². The first kappa shape index (κ1) is 25.8. The van der Waals surface area contributed by atoms with E-state index in [2.05, 4.69) is 27.6 Å². The zero-order valence-electron chi connectivity index (χ0n) is 19.4. The highest BCUT2D eigenvalue weighted by molar-refractivity contribution is 7.99. The highest BCUT2D eigenvalue weighted by atomic mass is 35.5. The van der Waals surface area contributed by atoms with Gasteiger partial charge in [-0.15, -0.1) is 22.0 Å². The highest BCUT2D eigenvalue weighted by Gasteiger charge is 2.13. The standard InChI is InChI=1S/C24H30ClN5O3S/c1-3-7-20-22(11-9-18(24(20)31)8-6-13-26-32)33-14-4-5-15-34-23-12-10-19(16-21(23)25)30-17(2)27-28-29-30/h9-13,16,31-32H,3-8,14-15H2,1-2H3. The lowest BCUT2D eigenvalue weighted by Crippen LogP contribution is -2.03. The number of rotatable bonds is 13. The van der Waals surface area contributed by atoms with Crippen LogP contribution in [0, 0.1) is 6.92 Å². The van der Waals surface area contributed by atoms with Gasteiger partial charge >= 0.3 is 0 Å². The maximum absolute atomic E-state index is 10.7. The molecule has 0 spiro atoms. The Balaban J connectivity index is 1.47. The topological polar surface area (TPSA) is 106 Å². The van der Waals surface area contributed by atoms with E-state index in [0.29, 0.717) is 30.3 Å². The maximum atomic E-state index is 10.7. The van der Waals surface area contributed by atoms with Crippen LogP contribution in [-0.4, -0.2) is 49.1 Å². The van der Waals surface area contributed by atoms with Crippen LogP contribution in [0.3, 0.4) is 0 Å². The summed E-state index contributed by atoms with van der Waals surface area (Å²) < 4.78 is 7.66. The summed E-state index contributed by atoms with van der Waals surface area (Å²) in [5, 5.41) is 34.5. The second-order valence-electron chi connectivity index (χ2n) is 7.79. The summed E-state index contributed by atoms with van der Waals surface area (Å²) in [6.45, 7) is 4.50. The number of thioether (sulfide) groups is 1. The monoisotopic (exact) mass is 503 g/mol. The van der Waals surface area contributed by atoms with E-state index < -0.39 is 0 Å². The zero-order chi connectivity index (χ0) is 24.3. The normalized spacial score (nSPS) is 11.4. The molecule has 0 bridgehead atoms. The molecule has 3 aromatic rings. The maximum Gasteiger partial charge on any atom is 0.153 e. The van der Waals surface area contributed by atoms with Crippen LogP contribution in [0.1, 0.15) is 49.6 Å². The number of unbranched alkanes of at least 4 members (excludes halogenated alkanes) is 1. The predicted octanol–water partition coefficient (Wildman–Crippen LogP) is 5.63. The number of ether oxygens (including phenoxy) is 1. The molecule has 0 atom stereocenters. The molecular formula is C24H30ClN5O3S. The molecule has 0 radical (unpaired) electrons. The van der Waals surface area contributed by atoms with Crippen LogP contribution in [0.5, 0.6) is 11.5 Å². The summed E-state index contributed by atoms with van der Waals surface area (Å²) in [6, 6.07) is 9.64. The molecule has 0 saturated heterocycles. The molecule has 2 aromatic carbocycles. The molecule has 34 heavy (non-hydrogen) atoms. The van der Waals surface area contributed by atoms with Crippen LogP contribution in [0.4, 0.5) is 0 Å². The van der Waals surface area contributed by atoms with Gasteiger partial charge in [0.05, 0.1) is 17.3 Å². The van der Waals surface area contributed by atoms with E-state index in [-0.39, 0.29) is 5.75 Å². The average Bonchev–Trinajstić information content (AvgIpc) is 3.26. The second kappa shape index (κ2) is 13.2. The molecule has 1 aromatic heterocycles. The molecular weight excluding hydrogens is 474 g/mol. The Hall–Kier alpha value is -2.78. The van der Waals surface area contributed by atoms with Crippen molar-refractivity contribution < 1.29 is 15.1 Å². The predicted molar refractivity (Wildman–Crippen MR) is 135 cm³/mol. The summed E-state index contributed by atoms with van der Waals surface area (Å²) in [6.07, 6.45) is 6.14. The van der Waals surface area contributed by atoms with Crippen molar-refractivity contribution in [3.05, 3.63) is 52.3 Å². The van der Waals surface area contributed by atoms with Gasteiger partial charge in [-0.05, 0) is 85.0 Å². The minimum absolute atomic E-state index is 0.288. The number of aromatic nitrogens is 4. The number of oxime groups is 1. The van der Waals surface area contributed by atoms with Gasteiger partial charge in [0.15, 0.2) is 5.82 Å². The molecule has 0 amide bonds. The number of hydrogen-bond donors (Lipinski definition) is 2. The Bertz CT molecular complexity index is 1110. The Morgan fingerprint density at radius 2 is 2.06 bits per heavy atom. The summed E-state index contributed by atoms with van der Waals surface area (Å²) in [4.78, 5) is 1.02. The van der Waals surface area contributed by atoms with Crippen molar-refractivity contribution in [2.75, 3.05) is 12.4 Å². The first-order chi connectivity index (χ1) is 16.5. The van der Waals surface area contributed by atoms with Gasteiger partial charge in [-0.3, -0.25) is 0 Å². The Kier molecular flexibility index (Phi) is 10.0. The van der Waals surface area contributed by atoms with Crippen molar-refractivity contribution in [2.24, 2.45) is 5.16 Å². The Morgan fingerprint density at radius 3 is 2.76 bits per heavy atom. The summed E-state index contributed by atoms with van der Waals surface area (Å²) in [5.74, 6) is 2.65. The van der Waals surface area contributed by atoms with E-state index >= 15 is 0 Å². The number of tetrazole rings is 1. The Labute approximate surface area is 209 Å². The fourth-order valence-electron chi connectivity index (χ4n) is 3.55. The summed E-state index contributed by atoms with van der Waals surface area (Å²) >= 11 is 8.17. The number of aryl methyl sites for hydroxylation is 2. The van der Waals surface area contributed by atoms with Crippen molar-refractivity contribution >= 4 is 29.6 Å². The molecule has 0 aliphatic rings. The third kappa shape index (κ3) is 6.87. The third-order valence-corrected chi connectivity index (χ3v) is 6.87. The van der Waals surface area contributed by atoms with Crippen LogP contribution >= 0.6 is 23.4 Å². The largest absolute Gasteiger partial charge is 0.507 e. The molecule has 10 heteroatoms. The van der Waals surface area contributed by atoms with Crippen LogP contribution in [0.2, 0.25) is 5.02 Å². The van der Waals surface area contributed by atoms with Crippen molar-refractivity contribution in [2.45, 2.75) is 57.3 Å². The fraction of sp³-hybridized carbons (Fsp3) is 0.417. The van der Waals surface area contributed by atoms with Crippen LogP contribution in [0.25, 0.3) is 5.69 Å². The third-order valence-electron chi connectivity index (χ3n) is 5.29. The van der Waals surface area contributed by atoms with Crippen molar-refractivity contribution in [1.29, 1.82) is 0 Å². The lowest BCUT2D eigenvalue weighted by molar-refractivity contribution is 0.304. The van der Waals surface area contributed by atoms with Gasteiger partial charge in [0, 0.05) is 16.7 Å². The minimum atomic E-state index is 0.288. The van der Waals surface area contributed by atoms with Gasteiger partial charge in [0.1, 0.15) is 11.5 Å². The first-order valence-electron chi connectivity index (χ1n) is 11.3. The lowest BCUT2D eigenvalue weighted by atomic mass is 10.0. The number of aromatic hydroxyl groups is 1. The molecule has 0 saturated carbocycles. The molecule has 2 N–H and O–H groups in total. The van der Waals surface area contributed by atoms with Gasteiger partial charge in [0.2, 0.25) is 0 Å². The van der Waals surface area contributed by atoms with E-state index in [9.17, 15) is 5.11 Å². The molecule has 1 heterocycles. The molecule has 0 aliphatic heterocycles. The molecule has 0 unspecified atom stereocenters. The van der Waals surface area contributed by atoms with Gasteiger partial charge < -0.3 is 15.1 Å².